The minimum Gasteiger partial charge on any atom is -0.395 e. The SMILES string of the molecule is CCOCC(C)NC(=O)c1sccc1C#CCCO. The molecule has 4 nitrogen and oxygen atoms in total. The van der Waals surface area contributed by atoms with Crippen LogP contribution in [0.4, 0.5) is 0 Å². The van der Waals surface area contributed by atoms with Gasteiger partial charge in [-0.15, -0.1) is 11.3 Å². The molecule has 0 radical (unpaired) electrons. The van der Waals surface area contributed by atoms with E-state index in [9.17, 15) is 4.79 Å². The number of amides is 1. The topological polar surface area (TPSA) is 58.6 Å². The third-order valence-electron chi connectivity index (χ3n) is 2.28. The van der Waals surface area contributed by atoms with Gasteiger partial charge in [-0.2, -0.15) is 0 Å². The molecule has 0 spiro atoms. The van der Waals surface area contributed by atoms with Gasteiger partial charge >= 0.3 is 0 Å². The van der Waals surface area contributed by atoms with Crippen molar-refractivity contribution in [2.75, 3.05) is 19.8 Å². The Kier molecular flexibility index (Phi) is 7.19. The van der Waals surface area contributed by atoms with Crippen LogP contribution in [0.2, 0.25) is 0 Å². The van der Waals surface area contributed by atoms with Crippen LogP contribution in [0.15, 0.2) is 11.4 Å². The van der Waals surface area contributed by atoms with E-state index in [1.807, 2.05) is 25.3 Å². The zero-order valence-electron chi connectivity index (χ0n) is 11.2. The van der Waals surface area contributed by atoms with Crippen LogP contribution >= 0.6 is 11.3 Å². The van der Waals surface area contributed by atoms with E-state index in [4.69, 9.17) is 9.84 Å². The van der Waals surface area contributed by atoms with E-state index in [1.54, 1.807) is 0 Å². The van der Waals surface area contributed by atoms with Gasteiger partial charge in [-0.05, 0) is 25.3 Å². The van der Waals surface area contributed by atoms with Gasteiger partial charge in [0.1, 0.15) is 4.88 Å². The Labute approximate surface area is 117 Å². The fraction of sp³-hybridized carbons (Fsp3) is 0.500. The largest absolute Gasteiger partial charge is 0.395 e. The number of thiophene rings is 1. The van der Waals surface area contributed by atoms with Crippen LogP contribution in [0.25, 0.3) is 0 Å². The van der Waals surface area contributed by atoms with Crippen LogP contribution < -0.4 is 5.32 Å². The average molecular weight is 281 g/mol. The number of rotatable bonds is 6. The Balaban J connectivity index is 2.63. The first-order valence-electron chi connectivity index (χ1n) is 6.24. The molecule has 1 rings (SSSR count). The van der Waals surface area contributed by atoms with Crippen LogP contribution in [0.3, 0.4) is 0 Å². The molecule has 1 amide bonds. The standard InChI is InChI=1S/C14H19NO3S/c1-3-18-10-11(2)15-14(17)13-12(7-9-19-13)6-4-5-8-16/h7,9,11,16H,3,5,8,10H2,1-2H3,(H,15,17). The molecule has 0 saturated carbocycles. The summed E-state index contributed by atoms with van der Waals surface area (Å²) >= 11 is 1.36. The molecule has 0 aromatic carbocycles. The second kappa shape index (κ2) is 8.70. The summed E-state index contributed by atoms with van der Waals surface area (Å²) in [4.78, 5) is 12.7. The lowest BCUT2D eigenvalue weighted by molar-refractivity contribution is 0.0875. The van der Waals surface area contributed by atoms with Crippen LogP contribution in [0, 0.1) is 11.8 Å². The van der Waals surface area contributed by atoms with E-state index in [0.29, 0.717) is 30.1 Å². The lowest BCUT2D eigenvalue weighted by Crippen LogP contribution is -2.35. The molecule has 104 valence electrons. The van der Waals surface area contributed by atoms with Gasteiger partial charge in [-0.3, -0.25) is 4.79 Å². The highest BCUT2D eigenvalue weighted by molar-refractivity contribution is 7.12. The Bertz CT molecular complexity index is 459. The van der Waals surface area contributed by atoms with E-state index in [1.165, 1.54) is 11.3 Å². The number of hydrogen-bond acceptors (Lipinski definition) is 4. The maximum Gasteiger partial charge on any atom is 0.262 e. The van der Waals surface area contributed by atoms with Gasteiger partial charge in [-0.1, -0.05) is 11.8 Å². The maximum absolute atomic E-state index is 12.1. The van der Waals surface area contributed by atoms with Crippen LogP contribution in [0.1, 0.15) is 35.5 Å². The molecule has 0 bridgehead atoms. The minimum absolute atomic E-state index is 0.0318. The van der Waals surface area contributed by atoms with Crippen molar-refractivity contribution in [3.8, 4) is 11.8 Å². The molecule has 1 aromatic heterocycles. The molecular weight excluding hydrogens is 262 g/mol. The third kappa shape index (κ3) is 5.43. The van der Waals surface area contributed by atoms with Crippen molar-refractivity contribution < 1.29 is 14.6 Å². The van der Waals surface area contributed by atoms with E-state index in [0.717, 1.165) is 0 Å². The summed E-state index contributed by atoms with van der Waals surface area (Å²) in [6, 6.07) is 1.78. The summed E-state index contributed by atoms with van der Waals surface area (Å²) in [6.45, 7) is 4.99. The molecule has 1 aromatic rings. The number of hydrogen-bond donors (Lipinski definition) is 2. The smallest absolute Gasteiger partial charge is 0.262 e. The lowest BCUT2D eigenvalue weighted by atomic mass is 10.2. The quantitative estimate of drug-likeness (QED) is 0.779. The second-order valence-electron chi connectivity index (χ2n) is 3.97. The first-order valence-corrected chi connectivity index (χ1v) is 7.12. The average Bonchev–Trinajstić information content (AvgIpc) is 2.85. The molecule has 19 heavy (non-hydrogen) atoms. The highest BCUT2D eigenvalue weighted by Gasteiger charge is 2.14. The second-order valence-corrected chi connectivity index (χ2v) is 4.89. The molecule has 0 saturated heterocycles. The molecule has 0 aliphatic rings. The molecule has 1 unspecified atom stereocenters. The lowest BCUT2D eigenvalue weighted by Gasteiger charge is -2.12. The fourth-order valence-corrected chi connectivity index (χ4v) is 2.18. The molecule has 2 N–H and O–H groups in total. The Morgan fingerprint density at radius 3 is 3.11 bits per heavy atom. The molecule has 5 heteroatoms. The highest BCUT2D eigenvalue weighted by Crippen LogP contribution is 2.15. The van der Waals surface area contributed by atoms with E-state index in [-0.39, 0.29) is 18.6 Å². The van der Waals surface area contributed by atoms with E-state index < -0.39 is 0 Å². The number of nitrogens with one attached hydrogen (secondary N) is 1. The van der Waals surface area contributed by atoms with Gasteiger partial charge in [0.2, 0.25) is 0 Å². The number of ether oxygens (including phenoxy) is 1. The zero-order chi connectivity index (χ0) is 14.1. The van der Waals surface area contributed by atoms with Crippen molar-refractivity contribution in [2.45, 2.75) is 26.3 Å². The zero-order valence-corrected chi connectivity index (χ0v) is 12.0. The van der Waals surface area contributed by atoms with Crippen molar-refractivity contribution in [1.82, 2.24) is 5.32 Å². The first-order chi connectivity index (χ1) is 9.19. The predicted octanol–water partition coefficient (Wildman–Crippen LogP) is 1.64. The summed E-state index contributed by atoms with van der Waals surface area (Å²) in [7, 11) is 0. The van der Waals surface area contributed by atoms with Crippen LogP contribution in [0.5, 0.6) is 0 Å². The Hall–Kier alpha value is -1.35. The van der Waals surface area contributed by atoms with Crippen molar-refractivity contribution in [2.24, 2.45) is 0 Å². The van der Waals surface area contributed by atoms with Gasteiger partial charge in [0.05, 0.1) is 13.2 Å². The van der Waals surface area contributed by atoms with Gasteiger partial charge in [0.15, 0.2) is 0 Å². The monoisotopic (exact) mass is 281 g/mol. The van der Waals surface area contributed by atoms with Crippen molar-refractivity contribution in [1.29, 1.82) is 0 Å². The third-order valence-corrected chi connectivity index (χ3v) is 3.19. The fourth-order valence-electron chi connectivity index (χ4n) is 1.42. The molecule has 0 aliphatic carbocycles. The van der Waals surface area contributed by atoms with Gasteiger partial charge in [0, 0.05) is 24.6 Å². The molecular formula is C14H19NO3S. The predicted molar refractivity (Wildman–Crippen MR) is 76.3 cm³/mol. The summed E-state index contributed by atoms with van der Waals surface area (Å²) in [6.07, 6.45) is 0.414. The Morgan fingerprint density at radius 1 is 1.63 bits per heavy atom. The van der Waals surface area contributed by atoms with E-state index >= 15 is 0 Å². The number of aliphatic hydroxyl groups is 1. The summed E-state index contributed by atoms with van der Waals surface area (Å²) < 4.78 is 5.26. The number of carbonyl (C=O) groups excluding carboxylic acids is 1. The molecule has 1 heterocycles. The molecule has 0 fully saturated rings. The minimum atomic E-state index is -0.129. The summed E-state index contributed by atoms with van der Waals surface area (Å²) in [5, 5.41) is 13.4. The van der Waals surface area contributed by atoms with Gasteiger partial charge < -0.3 is 15.2 Å². The highest BCUT2D eigenvalue weighted by atomic mass is 32.1. The maximum atomic E-state index is 12.1. The number of aliphatic hydroxyl groups excluding tert-OH is 1. The summed E-state index contributed by atoms with van der Waals surface area (Å²) in [5.74, 6) is 5.59. The van der Waals surface area contributed by atoms with Crippen LogP contribution in [-0.4, -0.2) is 36.9 Å². The number of carbonyl (C=O) groups is 1. The summed E-state index contributed by atoms with van der Waals surface area (Å²) in [5.41, 5.74) is 0.708. The van der Waals surface area contributed by atoms with Gasteiger partial charge in [-0.25, -0.2) is 0 Å². The normalized spacial score (nSPS) is 11.5. The van der Waals surface area contributed by atoms with Gasteiger partial charge in [0.25, 0.3) is 5.91 Å². The Morgan fingerprint density at radius 2 is 2.42 bits per heavy atom. The van der Waals surface area contributed by atoms with Crippen molar-refractivity contribution >= 4 is 17.2 Å². The molecule has 0 aliphatic heterocycles. The van der Waals surface area contributed by atoms with Crippen molar-refractivity contribution in [3.63, 3.8) is 0 Å². The van der Waals surface area contributed by atoms with Crippen LogP contribution in [-0.2, 0) is 4.74 Å². The van der Waals surface area contributed by atoms with E-state index in [2.05, 4.69) is 17.2 Å². The van der Waals surface area contributed by atoms with Crippen molar-refractivity contribution in [3.05, 3.63) is 21.9 Å². The molecule has 1 atom stereocenters. The first kappa shape index (κ1) is 15.7.